The third-order valence-electron chi connectivity index (χ3n) is 8.38. The maximum atomic E-state index is 13.7. The number of nitrogens with one attached hydrogen (secondary N) is 2. The molecule has 0 bridgehead atoms. The quantitative estimate of drug-likeness (QED) is 0.231. The molecule has 3 atom stereocenters. The van der Waals surface area contributed by atoms with Gasteiger partial charge < -0.3 is 14.9 Å². The van der Waals surface area contributed by atoms with Crippen molar-refractivity contribution in [3.63, 3.8) is 0 Å². The van der Waals surface area contributed by atoms with Crippen molar-refractivity contribution in [2.75, 3.05) is 5.32 Å². The zero-order chi connectivity index (χ0) is 28.0. The van der Waals surface area contributed by atoms with Crippen LogP contribution in [0.4, 0.5) is 5.69 Å². The summed E-state index contributed by atoms with van der Waals surface area (Å²) in [5, 5.41) is 12.9. The highest BCUT2D eigenvalue weighted by Crippen LogP contribution is 2.60. The highest BCUT2D eigenvalue weighted by molar-refractivity contribution is 6.34. The molecule has 204 valence electrons. The largest absolute Gasteiger partial charge is 0.359 e. The van der Waals surface area contributed by atoms with Gasteiger partial charge >= 0.3 is 0 Å². The van der Waals surface area contributed by atoms with E-state index in [0.717, 1.165) is 75.8 Å². The van der Waals surface area contributed by atoms with Crippen LogP contribution in [0, 0.1) is 5.92 Å². The van der Waals surface area contributed by atoms with E-state index in [-0.39, 0.29) is 22.7 Å². The Kier molecular flexibility index (Phi) is 5.51. The molecule has 1 aliphatic carbocycles. The fraction of sp³-hybridized carbons (Fsp3) is 0.200. The van der Waals surface area contributed by atoms with Crippen LogP contribution in [0.3, 0.4) is 0 Å². The average Bonchev–Trinajstić information content (AvgIpc) is 3.24. The maximum Gasteiger partial charge on any atom is 0.252 e. The number of hydrogen-bond acceptors (Lipinski definition) is 5. The van der Waals surface area contributed by atoms with Crippen molar-refractivity contribution in [3.05, 3.63) is 110 Å². The minimum Gasteiger partial charge on any atom is -0.359 e. The summed E-state index contributed by atoms with van der Waals surface area (Å²) in [6, 6.07) is 13.1. The standard InChI is InChI=1S/C30H22Cl3N7O/c1-14-2-4-17-22(35-14)6-5-18(28(17)33)23-12-34-30(36-23)29-21-11-20(21)25-8-15(9-27(41)40(25)29)19-10-16(31)3-7-24(19)39-13-26(32)37-38-39/h3,5-10,12-13,20-21,29,35H,1-2,4,11H2,(H,34,36). The van der Waals surface area contributed by atoms with E-state index in [1.165, 1.54) is 0 Å². The second-order valence-electron chi connectivity index (χ2n) is 10.8. The van der Waals surface area contributed by atoms with Crippen molar-refractivity contribution in [2.24, 2.45) is 5.92 Å². The lowest BCUT2D eigenvalue weighted by atomic mass is 9.98. The first-order chi connectivity index (χ1) is 19.9. The fourth-order valence-electron chi connectivity index (χ4n) is 6.40. The molecule has 3 aliphatic rings. The van der Waals surface area contributed by atoms with Gasteiger partial charge in [0.1, 0.15) is 5.82 Å². The summed E-state index contributed by atoms with van der Waals surface area (Å²) in [5.41, 5.74) is 8.00. The molecule has 0 radical (unpaired) electrons. The predicted octanol–water partition coefficient (Wildman–Crippen LogP) is 7.02. The van der Waals surface area contributed by atoms with Crippen molar-refractivity contribution >= 4 is 40.5 Å². The van der Waals surface area contributed by atoms with Crippen molar-refractivity contribution in [1.29, 1.82) is 0 Å². The van der Waals surface area contributed by atoms with E-state index >= 15 is 0 Å². The molecule has 2 N–H and O–H groups in total. The molecule has 0 saturated heterocycles. The number of benzene rings is 2. The molecule has 1 fully saturated rings. The predicted molar refractivity (Wildman–Crippen MR) is 160 cm³/mol. The van der Waals surface area contributed by atoms with E-state index in [0.29, 0.717) is 16.0 Å². The Morgan fingerprint density at radius 2 is 1.90 bits per heavy atom. The van der Waals surface area contributed by atoms with E-state index in [2.05, 4.69) is 33.3 Å². The highest BCUT2D eigenvalue weighted by Gasteiger charge is 2.54. The van der Waals surface area contributed by atoms with Crippen molar-refractivity contribution in [3.8, 4) is 28.1 Å². The van der Waals surface area contributed by atoms with Crippen molar-refractivity contribution in [2.45, 2.75) is 31.2 Å². The molecule has 2 aliphatic heterocycles. The van der Waals surface area contributed by atoms with Gasteiger partial charge in [0.05, 0.1) is 34.8 Å². The lowest BCUT2D eigenvalue weighted by Gasteiger charge is -2.22. The second kappa shape index (κ2) is 9.08. The van der Waals surface area contributed by atoms with E-state index in [1.54, 1.807) is 23.0 Å². The van der Waals surface area contributed by atoms with Gasteiger partial charge in [0.15, 0.2) is 5.15 Å². The van der Waals surface area contributed by atoms with Crippen LogP contribution in [-0.4, -0.2) is 29.5 Å². The molecule has 8 nitrogen and oxygen atoms in total. The van der Waals surface area contributed by atoms with Gasteiger partial charge in [0.25, 0.3) is 5.56 Å². The number of anilines is 1. The summed E-state index contributed by atoms with van der Waals surface area (Å²) in [7, 11) is 0. The smallest absolute Gasteiger partial charge is 0.252 e. The molecule has 41 heavy (non-hydrogen) atoms. The molecular formula is C30H22Cl3N7O. The van der Waals surface area contributed by atoms with Crippen molar-refractivity contribution < 1.29 is 0 Å². The Bertz CT molecular complexity index is 1970. The van der Waals surface area contributed by atoms with Gasteiger partial charge in [-0.15, -0.1) is 5.10 Å². The molecule has 11 heteroatoms. The SMILES string of the molecule is C=C1CCc2c(ccc(-c3cnc(C4C5CC5c5cc(-c6cc(Cl)ccc6-n6cc(Cl)nn6)cc(=O)n54)[nH]3)c2Cl)N1. The summed E-state index contributed by atoms with van der Waals surface area (Å²) in [4.78, 5) is 22.0. The minimum atomic E-state index is -0.167. The highest BCUT2D eigenvalue weighted by atomic mass is 35.5. The first-order valence-corrected chi connectivity index (χ1v) is 14.4. The number of pyridine rings is 1. The Labute approximate surface area is 249 Å². The van der Waals surface area contributed by atoms with Gasteiger partial charge in [-0.3, -0.25) is 4.79 Å². The third-order valence-corrected chi connectivity index (χ3v) is 9.22. The van der Waals surface area contributed by atoms with E-state index < -0.39 is 0 Å². The number of H-pyrrole nitrogens is 1. The van der Waals surface area contributed by atoms with Gasteiger partial charge in [0, 0.05) is 45.2 Å². The molecule has 5 aromatic rings. The van der Waals surface area contributed by atoms with Gasteiger partial charge in [-0.05, 0) is 72.7 Å². The molecule has 5 heterocycles. The van der Waals surface area contributed by atoms with Gasteiger partial charge in [-0.1, -0.05) is 46.6 Å². The number of aromatic nitrogens is 6. The lowest BCUT2D eigenvalue weighted by Crippen LogP contribution is -2.26. The Morgan fingerprint density at radius 1 is 1.02 bits per heavy atom. The molecule has 0 spiro atoms. The summed E-state index contributed by atoms with van der Waals surface area (Å²) < 4.78 is 3.47. The van der Waals surface area contributed by atoms with Crippen LogP contribution in [0.2, 0.25) is 15.2 Å². The molecule has 2 aromatic carbocycles. The van der Waals surface area contributed by atoms with Crippen molar-refractivity contribution in [1.82, 2.24) is 29.5 Å². The first-order valence-electron chi connectivity index (χ1n) is 13.3. The Balaban J connectivity index is 1.18. The van der Waals surface area contributed by atoms with E-state index in [4.69, 9.17) is 39.8 Å². The third kappa shape index (κ3) is 3.96. The Morgan fingerprint density at radius 3 is 2.73 bits per heavy atom. The summed E-state index contributed by atoms with van der Waals surface area (Å²) in [6.07, 6.45) is 6.12. The fourth-order valence-corrected chi connectivity index (χ4v) is 7.06. The number of imidazole rings is 1. The van der Waals surface area contributed by atoms with Crippen LogP contribution in [0.15, 0.2) is 71.9 Å². The molecule has 3 unspecified atom stereocenters. The first kappa shape index (κ1) is 24.9. The number of aromatic amines is 1. The van der Waals surface area contributed by atoms with Crippen LogP contribution in [0.5, 0.6) is 0 Å². The number of fused-ring (bicyclic) bond motifs is 4. The normalized spacial score (nSPS) is 20.4. The second-order valence-corrected chi connectivity index (χ2v) is 12.0. The van der Waals surface area contributed by atoms with Crippen LogP contribution in [-0.2, 0) is 6.42 Å². The monoisotopic (exact) mass is 601 g/mol. The van der Waals surface area contributed by atoms with Gasteiger partial charge in [-0.25, -0.2) is 9.67 Å². The number of halogens is 3. The van der Waals surface area contributed by atoms with E-state index in [9.17, 15) is 4.79 Å². The number of nitrogens with zero attached hydrogens (tertiary/aromatic N) is 5. The van der Waals surface area contributed by atoms with Crippen LogP contribution >= 0.6 is 34.8 Å². The van der Waals surface area contributed by atoms with Crippen LogP contribution < -0.4 is 10.9 Å². The maximum absolute atomic E-state index is 13.7. The van der Waals surface area contributed by atoms with Gasteiger partial charge in [0.2, 0.25) is 0 Å². The lowest BCUT2D eigenvalue weighted by molar-refractivity contribution is 0.515. The number of hydrogen-bond donors (Lipinski definition) is 2. The molecule has 0 amide bonds. The molecular weight excluding hydrogens is 581 g/mol. The van der Waals surface area contributed by atoms with Gasteiger partial charge in [-0.2, -0.15) is 0 Å². The summed E-state index contributed by atoms with van der Waals surface area (Å²) in [5.74, 6) is 1.36. The number of rotatable bonds is 4. The van der Waals surface area contributed by atoms with E-state index in [1.807, 2.05) is 35.0 Å². The topological polar surface area (TPSA) is 93.4 Å². The zero-order valence-corrected chi connectivity index (χ0v) is 23.8. The van der Waals surface area contributed by atoms with Crippen LogP contribution in [0.1, 0.15) is 41.9 Å². The summed E-state index contributed by atoms with van der Waals surface area (Å²) >= 11 is 19.3. The molecule has 8 rings (SSSR count). The molecule has 3 aromatic heterocycles. The number of allylic oxidation sites excluding steroid dienone is 1. The zero-order valence-electron chi connectivity index (χ0n) is 21.5. The Hall–Kier alpha value is -3.85. The summed E-state index contributed by atoms with van der Waals surface area (Å²) in [6.45, 7) is 4.04. The minimum absolute atomic E-state index is 0.0895. The molecule has 1 saturated carbocycles. The van der Waals surface area contributed by atoms with Crippen LogP contribution in [0.25, 0.3) is 28.1 Å². The average molecular weight is 603 g/mol.